The van der Waals surface area contributed by atoms with Gasteiger partial charge in [0, 0.05) is 0 Å². The minimum absolute atomic E-state index is 0.194. The Morgan fingerprint density at radius 3 is 2.52 bits per heavy atom. The fraction of sp³-hybridized carbons (Fsp3) is 0.455. The Bertz CT molecular complexity index is 1680. The summed E-state index contributed by atoms with van der Waals surface area (Å²) in [6, 6.07) is 19.6. The Morgan fingerprint density at radius 2 is 1.70 bits per heavy atom. The van der Waals surface area contributed by atoms with Crippen molar-refractivity contribution in [2.45, 2.75) is 118 Å². The minimum atomic E-state index is 0.194. The van der Waals surface area contributed by atoms with Crippen LogP contribution in [0.3, 0.4) is 0 Å². The maximum Gasteiger partial charge on any atom is -0.00994 e. The molecule has 6 rings (SSSR count). The zero-order valence-corrected chi connectivity index (χ0v) is 28.6. The normalized spacial score (nSPS) is 20.8. The summed E-state index contributed by atoms with van der Waals surface area (Å²) in [4.78, 5) is 0. The highest BCUT2D eigenvalue weighted by molar-refractivity contribution is 5.99. The second-order valence-electron chi connectivity index (χ2n) is 15.0. The van der Waals surface area contributed by atoms with Gasteiger partial charge in [-0.3, -0.25) is 0 Å². The predicted octanol–water partition coefficient (Wildman–Crippen LogP) is 12.9. The zero-order chi connectivity index (χ0) is 31.0. The monoisotopic (exact) mass is 582 g/mol. The van der Waals surface area contributed by atoms with Crippen LogP contribution in [-0.2, 0) is 11.8 Å². The Balaban J connectivity index is 1.52. The smallest absolute Gasteiger partial charge is 0.00994 e. The van der Waals surface area contributed by atoms with Crippen molar-refractivity contribution in [2.75, 3.05) is 0 Å². The first-order valence-electron chi connectivity index (χ1n) is 17.6. The largest absolute Gasteiger partial charge is 0.0836 e. The molecule has 3 aromatic rings. The van der Waals surface area contributed by atoms with Gasteiger partial charge < -0.3 is 0 Å². The molecule has 0 nitrogen and oxygen atoms in total. The topological polar surface area (TPSA) is 0 Å². The number of allylic oxidation sites excluding steroid dienone is 6. The standard InChI is InChI=1S/C44H54/c1-8-9-12-23-44(6,7)37-20-22-38-35(27-37)19-21-40-39(38)14-11-10-13-33-18-16-30(3)31(4)25-32(5)41-28-36(41)26-34-17-15-29(2)24-42(34)43(33)40/h11,14-15,17,19-22,24-25,27,30,36H,8-10,12-13,16,18,23,26,28H2,1-7H3. The van der Waals surface area contributed by atoms with Gasteiger partial charge in [0.05, 0.1) is 0 Å². The average molecular weight is 583 g/mol. The number of hydrogen-bond acceptors (Lipinski definition) is 0. The van der Waals surface area contributed by atoms with Gasteiger partial charge in [-0.1, -0.05) is 142 Å². The van der Waals surface area contributed by atoms with Crippen LogP contribution in [0.2, 0.25) is 0 Å². The summed E-state index contributed by atoms with van der Waals surface area (Å²) < 4.78 is 0. The molecule has 3 aliphatic rings. The summed E-state index contributed by atoms with van der Waals surface area (Å²) in [5.41, 5.74) is 16.8. The van der Waals surface area contributed by atoms with Crippen molar-refractivity contribution in [3.05, 3.63) is 116 Å². The molecule has 0 aromatic heterocycles. The quantitative estimate of drug-likeness (QED) is 0.262. The Hall–Kier alpha value is -3.12. The van der Waals surface area contributed by atoms with Crippen LogP contribution in [0.1, 0.15) is 133 Å². The highest BCUT2D eigenvalue weighted by atomic mass is 14.4. The number of benzene rings is 3. The van der Waals surface area contributed by atoms with Gasteiger partial charge in [0.1, 0.15) is 0 Å². The molecule has 0 heterocycles. The third-order valence-electron chi connectivity index (χ3n) is 11.2. The third kappa shape index (κ3) is 6.33. The average Bonchev–Trinajstić information content (AvgIpc) is 3.76. The molecule has 0 saturated heterocycles. The van der Waals surface area contributed by atoms with Crippen LogP contribution in [0.4, 0.5) is 0 Å². The van der Waals surface area contributed by atoms with Crippen molar-refractivity contribution in [1.29, 1.82) is 0 Å². The molecule has 44 heavy (non-hydrogen) atoms. The fourth-order valence-corrected chi connectivity index (χ4v) is 7.94. The van der Waals surface area contributed by atoms with E-state index in [1.807, 2.05) is 0 Å². The molecule has 2 unspecified atom stereocenters. The van der Waals surface area contributed by atoms with Crippen LogP contribution in [0.5, 0.6) is 0 Å². The van der Waals surface area contributed by atoms with Gasteiger partial charge in [-0.25, -0.2) is 0 Å². The molecule has 230 valence electrons. The van der Waals surface area contributed by atoms with Gasteiger partial charge in [0.25, 0.3) is 0 Å². The lowest BCUT2D eigenvalue weighted by Gasteiger charge is -2.27. The molecule has 3 aliphatic carbocycles. The first kappa shape index (κ1) is 30.9. The molecule has 2 atom stereocenters. The molecule has 0 amide bonds. The Kier molecular flexibility index (Phi) is 8.92. The molecule has 0 radical (unpaired) electrons. The van der Waals surface area contributed by atoms with Crippen LogP contribution in [0.25, 0.3) is 22.4 Å². The van der Waals surface area contributed by atoms with Gasteiger partial charge >= 0.3 is 0 Å². The van der Waals surface area contributed by atoms with Gasteiger partial charge in [-0.05, 0) is 127 Å². The molecule has 1 fully saturated rings. The molecule has 0 spiro atoms. The molecule has 0 N–H and O–H groups in total. The first-order valence-corrected chi connectivity index (χ1v) is 17.6. The van der Waals surface area contributed by atoms with E-state index >= 15 is 0 Å². The first-order chi connectivity index (χ1) is 21.2. The van der Waals surface area contributed by atoms with E-state index in [-0.39, 0.29) is 5.41 Å². The fourth-order valence-electron chi connectivity index (χ4n) is 7.94. The molecule has 0 bridgehead atoms. The van der Waals surface area contributed by atoms with Crippen LogP contribution in [-0.4, -0.2) is 0 Å². The lowest BCUT2D eigenvalue weighted by molar-refractivity contribution is 0.450. The van der Waals surface area contributed by atoms with Crippen LogP contribution >= 0.6 is 0 Å². The number of hydrogen-bond donors (Lipinski definition) is 0. The summed E-state index contributed by atoms with van der Waals surface area (Å²) in [5.74, 6) is 1.27. The number of unbranched alkanes of at least 4 members (excludes halogenated alkanes) is 2. The van der Waals surface area contributed by atoms with Crippen molar-refractivity contribution in [3.8, 4) is 0 Å². The van der Waals surface area contributed by atoms with Crippen LogP contribution in [0, 0.1) is 18.8 Å². The maximum absolute atomic E-state index is 2.51. The van der Waals surface area contributed by atoms with Crippen molar-refractivity contribution < 1.29 is 0 Å². The van der Waals surface area contributed by atoms with Crippen LogP contribution < -0.4 is 0 Å². The Labute approximate surface area is 268 Å². The van der Waals surface area contributed by atoms with Gasteiger partial charge in [0.2, 0.25) is 0 Å². The van der Waals surface area contributed by atoms with Gasteiger partial charge in [-0.2, -0.15) is 0 Å². The summed E-state index contributed by atoms with van der Waals surface area (Å²) in [6.45, 7) is 16.6. The van der Waals surface area contributed by atoms with Crippen molar-refractivity contribution >= 4 is 22.4 Å². The van der Waals surface area contributed by atoms with E-state index in [4.69, 9.17) is 0 Å². The van der Waals surface area contributed by atoms with Crippen molar-refractivity contribution in [3.63, 3.8) is 0 Å². The highest BCUT2D eigenvalue weighted by Crippen LogP contribution is 2.47. The summed E-state index contributed by atoms with van der Waals surface area (Å²) in [5, 5.41) is 2.77. The molecule has 3 aromatic carbocycles. The summed E-state index contributed by atoms with van der Waals surface area (Å²) >= 11 is 0. The predicted molar refractivity (Wildman–Crippen MR) is 193 cm³/mol. The molecule has 1 saturated carbocycles. The molecular weight excluding hydrogens is 528 g/mol. The van der Waals surface area contributed by atoms with E-state index < -0.39 is 0 Å². The van der Waals surface area contributed by atoms with Gasteiger partial charge in [-0.15, -0.1) is 0 Å². The van der Waals surface area contributed by atoms with E-state index in [0.717, 1.165) is 25.7 Å². The lowest BCUT2D eigenvalue weighted by Crippen LogP contribution is -2.16. The number of aryl methyl sites for hydroxylation is 1. The van der Waals surface area contributed by atoms with E-state index in [1.165, 1.54) is 93.8 Å². The van der Waals surface area contributed by atoms with Crippen LogP contribution in [0.15, 0.2) is 83.0 Å². The second-order valence-corrected chi connectivity index (χ2v) is 15.0. The lowest BCUT2D eigenvalue weighted by atomic mass is 9.77. The maximum atomic E-state index is 2.51. The summed E-state index contributed by atoms with van der Waals surface area (Å²) in [6.07, 6.45) is 19.6. The van der Waals surface area contributed by atoms with E-state index in [9.17, 15) is 0 Å². The molecule has 0 heteroatoms. The van der Waals surface area contributed by atoms with Crippen molar-refractivity contribution in [1.82, 2.24) is 0 Å². The number of rotatable bonds is 5. The number of fused-ring (bicyclic) bond motifs is 7. The SMILES string of the molecule is CCCCCC(C)(C)c1ccc2c3c(ccc2c1)C1=C(CCC=C3)CCC(C)C(C)=CC(C)=C2CC2Cc2ccc(C)cc21. The van der Waals surface area contributed by atoms with E-state index in [0.29, 0.717) is 11.8 Å². The minimum Gasteiger partial charge on any atom is -0.0836 e. The van der Waals surface area contributed by atoms with Gasteiger partial charge in [0.15, 0.2) is 0 Å². The summed E-state index contributed by atoms with van der Waals surface area (Å²) in [7, 11) is 0. The molecular formula is C44H54. The molecule has 0 aliphatic heterocycles. The van der Waals surface area contributed by atoms with Crippen molar-refractivity contribution in [2.24, 2.45) is 11.8 Å². The Morgan fingerprint density at radius 1 is 0.864 bits per heavy atom. The second kappa shape index (κ2) is 12.7. The van der Waals surface area contributed by atoms with E-state index in [1.54, 1.807) is 16.7 Å². The zero-order valence-electron chi connectivity index (χ0n) is 28.6. The third-order valence-corrected chi connectivity index (χ3v) is 11.2. The highest BCUT2D eigenvalue weighted by Gasteiger charge is 2.33. The van der Waals surface area contributed by atoms with E-state index in [2.05, 4.69) is 115 Å².